The average Bonchev–Trinajstić information content (AvgIpc) is 2.69. The van der Waals surface area contributed by atoms with Crippen LogP contribution < -0.4 is 21.2 Å². The van der Waals surface area contributed by atoms with Gasteiger partial charge in [0.05, 0.1) is 22.7 Å². The molecule has 0 atom stereocenters. The number of fused-ring (bicyclic) bond motifs is 2. The smallest absolute Gasteiger partial charge is 0.326 e. The molecule has 0 aromatic heterocycles. The molecular formula is C18H16F4N4O2. The van der Waals surface area contributed by atoms with Crippen molar-refractivity contribution in [3.05, 3.63) is 72.2 Å². The number of benzene rings is 2. The molecule has 0 amide bonds. The molecule has 148 valence electrons. The first-order chi connectivity index (χ1) is 13.4. The first-order valence-corrected chi connectivity index (χ1v) is 8.07. The first-order valence-electron chi connectivity index (χ1n) is 8.07. The topological polar surface area (TPSA) is 49.0 Å². The predicted octanol–water partition coefficient (Wildman–Crippen LogP) is 5.40. The molecule has 2 N–H and O–H groups in total. The highest BCUT2D eigenvalue weighted by Crippen LogP contribution is 2.45. The van der Waals surface area contributed by atoms with Crippen LogP contribution in [0.2, 0.25) is 0 Å². The van der Waals surface area contributed by atoms with E-state index in [2.05, 4.69) is 20.9 Å². The van der Waals surface area contributed by atoms with Crippen LogP contribution in [-0.2, 0) is 9.68 Å². The summed E-state index contributed by atoms with van der Waals surface area (Å²) in [5.41, 5.74) is 6.41. The van der Waals surface area contributed by atoms with Crippen molar-refractivity contribution in [1.29, 1.82) is 0 Å². The minimum atomic E-state index is -1.43. The fraction of sp³-hybridized carbons (Fsp3) is 0.111. The van der Waals surface area contributed by atoms with Gasteiger partial charge in [0.25, 0.3) is 0 Å². The van der Waals surface area contributed by atoms with Crippen LogP contribution in [0.4, 0.5) is 40.3 Å². The average molecular weight is 396 g/mol. The van der Waals surface area contributed by atoms with E-state index in [1.54, 1.807) is 48.5 Å². The Hall–Kier alpha value is -3.24. The highest BCUT2D eigenvalue weighted by Gasteiger charge is 2.29. The zero-order chi connectivity index (χ0) is 20.3. The lowest BCUT2D eigenvalue weighted by Gasteiger charge is -2.38. The van der Waals surface area contributed by atoms with E-state index in [1.807, 2.05) is 0 Å². The standard InChI is InChI=1S/C18H16F4N4O2/c1-11(19)17(21)27-23-25-13-7-3-5-9-15(13)26(24-28-18(22)12(2)20)16-10-6-4-8-14(16)25/h3-10,23-24H,1-2H3/b17-11-,18-12-. The molecule has 0 radical (unpaired) electrons. The van der Waals surface area contributed by atoms with Crippen LogP contribution in [0, 0.1) is 0 Å². The van der Waals surface area contributed by atoms with Crippen molar-refractivity contribution in [1.82, 2.24) is 11.2 Å². The number of hydrogen-bond donors (Lipinski definition) is 2. The Balaban J connectivity index is 1.99. The minimum Gasteiger partial charge on any atom is -0.355 e. The predicted molar refractivity (Wildman–Crippen MR) is 95.4 cm³/mol. The number of allylic oxidation sites excluding steroid dienone is 2. The highest BCUT2D eigenvalue weighted by molar-refractivity contribution is 5.91. The van der Waals surface area contributed by atoms with E-state index in [-0.39, 0.29) is 0 Å². The number of para-hydroxylation sites is 4. The lowest BCUT2D eigenvalue weighted by Crippen LogP contribution is -2.43. The molecule has 0 bridgehead atoms. The van der Waals surface area contributed by atoms with Gasteiger partial charge in [-0.1, -0.05) is 35.4 Å². The Morgan fingerprint density at radius 1 is 0.643 bits per heavy atom. The maximum absolute atomic E-state index is 13.5. The van der Waals surface area contributed by atoms with Gasteiger partial charge in [0, 0.05) is 0 Å². The molecule has 2 aromatic rings. The van der Waals surface area contributed by atoms with E-state index in [0.717, 1.165) is 13.8 Å². The van der Waals surface area contributed by atoms with Gasteiger partial charge in [0.15, 0.2) is 11.7 Å². The summed E-state index contributed by atoms with van der Waals surface area (Å²) in [6.45, 7) is 1.82. The molecule has 2 aromatic carbocycles. The first kappa shape index (κ1) is 19.5. The Labute approximate surface area is 158 Å². The van der Waals surface area contributed by atoms with Crippen molar-refractivity contribution in [3.8, 4) is 0 Å². The third-order valence-corrected chi connectivity index (χ3v) is 3.72. The van der Waals surface area contributed by atoms with Crippen LogP contribution in [0.5, 0.6) is 0 Å². The molecule has 0 saturated heterocycles. The molecule has 0 spiro atoms. The third-order valence-electron chi connectivity index (χ3n) is 3.72. The van der Waals surface area contributed by atoms with Gasteiger partial charge < -0.3 is 9.68 Å². The minimum absolute atomic E-state index is 0.433. The molecular weight excluding hydrogens is 380 g/mol. The lowest BCUT2D eigenvalue weighted by molar-refractivity contribution is 0.0449. The summed E-state index contributed by atoms with van der Waals surface area (Å²) < 4.78 is 52.8. The molecule has 10 heteroatoms. The number of halogens is 4. The fourth-order valence-corrected chi connectivity index (χ4v) is 2.45. The van der Waals surface area contributed by atoms with Gasteiger partial charge in [0.1, 0.15) is 0 Å². The molecule has 0 fully saturated rings. The van der Waals surface area contributed by atoms with E-state index in [1.165, 1.54) is 10.0 Å². The summed E-state index contributed by atoms with van der Waals surface area (Å²) in [4.78, 5) is 9.30. The van der Waals surface area contributed by atoms with Gasteiger partial charge in [-0.25, -0.2) is 18.8 Å². The van der Waals surface area contributed by atoms with Gasteiger partial charge >= 0.3 is 12.0 Å². The SMILES string of the molecule is C/C(F)=C(\F)ONN1c2ccccc2N(NO/C(F)=C(/C)F)c2ccccc21. The highest BCUT2D eigenvalue weighted by atomic mass is 19.2. The van der Waals surface area contributed by atoms with Crippen LogP contribution >= 0.6 is 0 Å². The number of rotatable bonds is 6. The van der Waals surface area contributed by atoms with Crippen molar-refractivity contribution in [2.45, 2.75) is 13.8 Å². The molecule has 0 unspecified atom stereocenters. The Morgan fingerprint density at radius 2 is 0.929 bits per heavy atom. The number of nitrogens with zero attached hydrogens (tertiary/aromatic N) is 2. The van der Waals surface area contributed by atoms with E-state index in [9.17, 15) is 17.6 Å². The third kappa shape index (κ3) is 3.87. The van der Waals surface area contributed by atoms with Crippen LogP contribution in [-0.4, -0.2) is 0 Å². The Bertz CT molecular complexity index is 806. The summed E-state index contributed by atoms with van der Waals surface area (Å²) in [6, 6.07) is 10.5. The monoisotopic (exact) mass is 396 g/mol. The van der Waals surface area contributed by atoms with E-state index in [4.69, 9.17) is 0 Å². The number of nitrogens with one attached hydrogen (secondary N) is 2. The number of anilines is 4. The number of hydrazine groups is 2. The van der Waals surface area contributed by atoms with Crippen molar-refractivity contribution in [3.63, 3.8) is 0 Å². The van der Waals surface area contributed by atoms with Gasteiger partial charge in [0.2, 0.25) is 0 Å². The van der Waals surface area contributed by atoms with Gasteiger partial charge in [-0.05, 0) is 38.1 Å². The van der Waals surface area contributed by atoms with E-state index in [0.29, 0.717) is 22.7 Å². The zero-order valence-electron chi connectivity index (χ0n) is 14.8. The molecule has 1 aliphatic heterocycles. The van der Waals surface area contributed by atoms with E-state index >= 15 is 0 Å². The quantitative estimate of drug-likeness (QED) is 0.387. The summed E-state index contributed by atoms with van der Waals surface area (Å²) in [5, 5.41) is 2.72. The van der Waals surface area contributed by atoms with Crippen molar-refractivity contribution in [2.75, 3.05) is 10.0 Å². The molecule has 3 rings (SSSR count). The summed E-state index contributed by atoms with van der Waals surface area (Å²) >= 11 is 0. The maximum Gasteiger partial charge on any atom is 0.326 e. The molecule has 0 aliphatic carbocycles. The van der Waals surface area contributed by atoms with Crippen molar-refractivity contribution >= 4 is 22.7 Å². The summed E-state index contributed by atoms with van der Waals surface area (Å²) in [5.74, 6) is -2.27. The van der Waals surface area contributed by atoms with Gasteiger partial charge in [-0.3, -0.25) is 0 Å². The Morgan fingerprint density at radius 3 is 1.18 bits per heavy atom. The molecule has 0 saturated carbocycles. The molecule has 28 heavy (non-hydrogen) atoms. The van der Waals surface area contributed by atoms with Gasteiger partial charge in [-0.15, -0.1) is 0 Å². The molecule has 1 aliphatic rings. The Kier molecular flexibility index (Phi) is 5.71. The van der Waals surface area contributed by atoms with Crippen LogP contribution in [0.3, 0.4) is 0 Å². The molecule has 1 heterocycles. The van der Waals surface area contributed by atoms with Crippen LogP contribution in [0.25, 0.3) is 0 Å². The van der Waals surface area contributed by atoms with Crippen LogP contribution in [0.15, 0.2) is 72.2 Å². The summed E-state index contributed by atoms with van der Waals surface area (Å²) in [6.07, 6.45) is 0. The second-order valence-electron chi connectivity index (χ2n) is 5.65. The summed E-state index contributed by atoms with van der Waals surface area (Å²) in [7, 11) is 0. The normalized spacial score (nSPS) is 14.6. The lowest BCUT2D eigenvalue weighted by atomic mass is 10.1. The van der Waals surface area contributed by atoms with Gasteiger partial charge in [-0.2, -0.15) is 8.78 Å². The second-order valence-corrected chi connectivity index (χ2v) is 5.65. The van der Waals surface area contributed by atoms with Crippen LogP contribution in [0.1, 0.15) is 13.8 Å². The van der Waals surface area contributed by atoms with Crippen molar-refractivity contribution < 1.29 is 27.2 Å². The second kappa shape index (κ2) is 8.19. The maximum atomic E-state index is 13.5. The zero-order valence-corrected chi connectivity index (χ0v) is 14.8. The fourth-order valence-electron chi connectivity index (χ4n) is 2.45. The van der Waals surface area contributed by atoms with Crippen molar-refractivity contribution in [2.24, 2.45) is 0 Å². The number of hydrogen-bond acceptors (Lipinski definition) is 6. The largest absolute Gasteiger partial charge is 0.355 e. The molecule has 6 nitrogen and oxygen atoms in total. The van der Waals surface area contributed by atoms with E-state index < -0.39 is 23.7 Å².